The number of hydrogen-bond donors (Lipinski definition) is 0. The smallest absolute Gasteiger partial charge is 0.184 e. The number of allylic oxidation sites excluding steroid dienone is 4. The second kappa shape index (κ2) is 4.53. The monoisotopic (exact) mass is 320 g/mol. The molecule has 0 aromatic carbocycles. The topological polar surface area (TPSA) is 34.1 Å². The average molecular weight is 322 g/mol. The van der Waals surface area contributed by atoms with Gasteiger partial charge in [0.05, 0.1) is 3.74 Å². The summed E-state index contributed by atoms with van der Waals surface area (Å²) in [4.78, 5) is 23.1. The lowest BCUT2D eigenvalue weighted by Gasteiger charge is -2.18. The molecule has 1 rings (SSSR count). The number of carbonyl (C=O) groups is 2. The van der Waals surface area contributed by atoms with Gasteiger partial charge in [0, 0.05) is 11.1 Å². The second-order valence-electron chi connectivity index (χ2n) is 3.34. The van der Waals surface area contributed by atoms with E-state index in [9.17, 15) is 9.59 Å². The van der Waals surface area contributed by atoms with E-state index >= 15 is 0 Å². The molecule has 0 unspecified atom stereocenters. The standard InChI is InChI=1S/C10H10Br2O2/c1-5(2)8-6(13)3-4-7(14)9(8)10(11)12/h3-5,10H,1-2H3. The summed E-state index contributed by atoms with van der Waals surface area (Å²) in [7, 11) is 0. The van der Waals surface area contributed by atoms with Gasteiger partial charge >= 0.3 is 0 Å². The summed E-state index contributed by atoms with van der Waals surface area (Å²) in [6, 6.07) is 0. The summed E-state index contributed by atoms with van der Waals surface area (Å²) in [6.07, 6.45) is 2.66. The summed E-state index contributed by atoms with van der Waals surface area (Å²) in [5.74, 6) is -0.116. The molecule has 0 aromatic rings. The van der Waals surface area contributed by atoms with Crippen molar-refractivity contribution in [3.05, 3.63) is 23.3 Å². The third-order valence-corrected chi connectivity index (χ3v) is 2.92. The number of alkyl halides is 2. The van der Waals surface area contributed by atoms with Gasteiger partial charge in [0.25, 0.3) is 0 Å². The van der Waals surface area contributed by atoms with E-state index < -0.39 is 0 Å². The van der Waals surface area contributed by atoms with Crippen molar-refractivity contribution in [2.24, 2.45) is 5.92 Å². The molecule has 0 amide bonds. The molecule has 0 radical (unpaired) electrons. The highest BCUT2D eigenvalue weighted by molar-refractivity contribution is 9.24. The van der Waals surface area contributed by atoms with E-state index in [0.717, 1.165) is 0 Å². The van der Waals surface area contributed by atoms with Crippen molar-refractivity contribution < 1.29 is 9.59 Å². The molecule has 0 saturated heterocycles. The fourth-order valence-electron chi connectivity index (χ4n) is 1.42. The lowest BCUT2D eigenvalue weighted by molar-refractivity contribution is -0.115. The number of rotatable bonds is 2. The fraction of sp³-hybridized carbons (Fsp3) is 0.400. The van der Waals surface area contributed by atoms with Crippen molar-refractivity contribution in [3.8, 4) is 0 Å². The maximum atomic E-state index is 11.6. The molecule has 1 aliphatic rings. The van der Waals surface area contributed by atoms with E-state index in [1.807, 2.05) is 13.8 Å². The quantitative estimate of drug-likeness (QED) is 0.579. The highest BCUT2D eigenvalue weighted by atomic mass is 79.9. The van der Waals surface area contributed by atoms with E-state index in [4.69, 9.17) is 0 Å². The highest BCUT2D eigenvalue weighted by Crippen LogP contribution is 2.30. The summed E-state index contributed by atoms with van der Waals surface area (Å²) >= 11 is 6.53. The first-order valence-electron chi connectivity index (χ1n) is 4.24. The van der Waals surface area contributed by atoms with Crippen molar-refractivity contribution in [3.63, 3.8) is 0 Å². The zero-order valence-corrected chi connectivity index (χ0v) is 11.1. The van der Waals surface area contributed by atoms with Gasteiger partial charge in [0.1, 0.15) is 0 Å². The van der Waals surface area contributed by atoms with E-state index in [-0.39, 0.29) is 21.2 Å². The van der Waals surface area contributed by atoms with Crippen molar-refractivity contribution in [1.82, 2.24) is 0 Å². The Morgan fingerprint density at radius 3 is 1.71 bits per heavy atom. The van der Waals surface area contributed by atoms with Crippen LogP contribution in [0.1, 0.15) is 13.8 Å². The molecule has 0 spiro atoms. The van der Waals surface area contributed by atoms with Crippen LogP contribution in [0.25, 0.3) is 0 Å². The van der Waals surface area contributed by atoms with E-state index in [0.29, 0.717) is 11.1 Å². The van der Waals surface area contributed by atoms with Crippen LogP contribution in [0.3, 0.4) is 0 Å². The first-order chi connectivity index (χ1) is 6.45. The Hall–Kier alpha value is -0.220. The van der Waals surface area contributed by atoms with Crippen LogP contribution in [-0.2, 0) is 9.59 Å². The van der Waals surface area contributed by atoms with Gasteiger partial charge in [-0.3, -0.25) is 9.59 Å². The first kappa shape index (κ1) is 11.9. The van der Waals surface area contributed by atoms with Gasteiger partial charge < -0.3 is 0 Å². The van der Waals surface area contributed by atoms with Crippen molar-refractivity contribution >= 4 is 43.4 Å². The van der Waals surface area contributed by atoms with E-state index in [1.165, 1.54) is 12.2 Å². The average Bonchev–Trinajstić information content (AvgIpc) is 2.07. The molecule has 0 atom stereocenters. The van der Waals surface area contributed by atoms with Crippen LogP contribution in [0, 0.1) is 5.92 Å². The molecule has 0 heterocycles. The van der Waals surface area contributed by atoms with Gasteiger partial charge in [-0.25, -0.2) is 0 Å². The molecule has 0 aliphatic heterocycles. The minimum absolute atomic E-state index is 0.0593. The summed E-state index contributed by atoms with van der Waals surface area (Å²) in [5, 5.41) is 0. The Kier molecular flexibility index (Phi) is 3.84. The number of hydrogen-bond acceptors (Lipinski definition) is 2. The highest BCUT2D eigenvalue weighted by Gasteiger charge is 2.27. The minimum Gasteiger partial charge on any atom is -0.290 e. The summed E-state index contributed by atoms with van der Waals surface area (Å²) < 4.78 is -0.256. The van der Waals surface area contributed by atoms with Crippen molar-refractivity contribution in [2.75, 3.05) is 0 Å². The lowest BCUT2D eigenvalue weighted by Crippen LogP contribution is -2.21. The number of carbonyl (C=O) groups excluding carboxylic acids is 2. The number of halogens is 2. The predicted octanol–water partition coefficient (Wildman–Crippen LogP) is 2.76. The second-order valence-corrected chi connectivity index (χ2v) is 6.40. The molecule has 0 saturated carbocycles. The van der Waals surface area contributed by atoms with Gasteiger partial charge in [0.15, 0.2) is 11.6 Å². The molecule has 0 bridgehead atoms. The van der Waals surface area contributed by atoms with Crippen molar-refractivity contribution in [1.29, 1.82) is 0 Å². The molecular weight excluding hydrogens is 312 g/mol. The van der Waals surface area contributed by atoms with Gasteiger partial charge in [-0.05, 0) is 18.1 Å². The van der Waals surface area contributed by atoms with Gasteiger partial charge in [0.2, 0.25) is 0 Å². The fourth-order valence-corrected chi connectivity index (χ4v) is 2.36. The summed E-state index contributed by atoms with van der Waals surface area (Å²) in [5.41, 5.74) is 1.11. The van der Waals surface area contributed by atoms with Crippen LogP contribution in [0.5, 0.6) is 0 Å². The first-order valence-corrected chi connectivity index (χ1v) is 6.07. The van der Waals surface area contributed by atoms with Gasteiger partial charge in [-0.1, -0.05) is 45.7 Å². The maximum Gasteiger partial charge on any atom is 0.184 e. The molecule has 2 nitrogen and oxygen atoms in total. The zero-order chi connectivity index (χ0) is 10.9. The SMILES string of the molecule is CC(C)C1=C(C(Br)Br)C(=O)C=CC1=O. The molecular formula is C10H10Br2O2. The van der Waals surface area contributed by atoms with E-state index in [2.05, 4.69) is 31.9 Å². The van der Waals surface area contributed by atoms with Crippen LogP contribution in [0.4, 0.5) is 0 Å². The third kappa shape index (κ3) is 2.23. The Morgan fingerprint density at radius 1 is 1.00 bits per heavy atom. The van der Waals surface area contributed by atoms with Crippen LogP contribution in [-0.4, -0.2) is 15.3 Å². The number of ketones is 2. The maximum absolute atomic E-state index is 11.6. The van der Waals surface area contributed by atoms with Crippen LogP contribution in [0.15, 0.2) is 23.3 Å². The molecule has 14 heavy (non-hydrogen) atoms. The van der Waals surface area contributed by atoms with E-state index in [1.54, 1.807) is 0 Å². The van der Waals surface area contributed by atoms with Crippen LogP contribution >= 0.6 is 31.9 Å². The summed E-state index contributed by atoms with van der Waals surface area (Å²) in [6.45, 7) is 3.81. The predicted molar refractivity (Wildman–Crippen MR) is 62.7 cm³/mol. The van der Waals surface area contributed by atoms with Crippen molar-refractivity contribution in [2.45, 2.75) is 17.6 Å². The van der Waals surface area contributed by atoms with Gasteiger partial charge in [-0.15, -0.1) is 0 Å². The van der Waals surface area contributed by atoms with Gasteiger partial charge in [-0.2, -0.15) is 0 Å². The Morgan fingerprint density at radius 2 is 1.43 bits per heavy atom. The van der Waals surface area contributed by atoms with Crippen LogP contribution < -0.4 is 0 Å². The normalized spacial score (nSPS) is 17.6. The molecule has 76 valence electrons. The molecule has 4 heteroatoms. The lowest BCUT2D eigenvalue weighted by atomic mass is 9.88. The molecule has 0 N–H and O–H groups in total. The minimum atomic E-state index is -0.256. The molecule has 1 aliphatic carbocycles. The Bertz CT molecular complexity index is 306. The zero-order valence-electron chi connectivity index (χ0n) is 7.88. The molecule has 0 fully saturated rings. The Balaban J connectivity index is 3.27. The third-order valence-electron chi connectivity index (χ3n) is 2.00. The largest absolute Gasteiger partial charge is 0.290 e. The Labute approximate surface area is 99.7 Å². The molecule has 0 aromatic heterocycles. The van der Waals surface area contributed by atoms with Crippen LogP contribution in [0.2, 0.25) is 0 Å².